The van der Waals surface area contributed by atoms with Crippen LogP contribution in [-0.2, 0) is 9.53 Å². The number of carboxylic acid groups (broad SMARTS) is 1. The van der Waals surface area contributed by atoms with Crippen molar-refractivity contribution >= 4 is 11.9 Å². The van der Waals surface area contributed by atoms with Gasteiger partial charge in [0.2, 0.25) is 0 Å². The minimum atomic E-state index is -1.04. The molecule has 4 rings (SSSR count). The van der Waals surface area contributed by atoms with Gasteiger partial charge in [-0.25, -0.2) is 9.48 Å². The van der Waals surface area contributed by atoms with Gasteiger partial charge in [0.05, 0.1) is 35.8 Å². The SMILES string of the molecule is C[C@@H]1CN(C(=O)c2cnn(-c3ccccc3)c2C2CC2)CC(C(=O)O)O1. The van der Waals surface area contributed by atoms with E-state index in [1.165, 1.54) is 0 Å². The average molecular weight is 355 g/mol. The van der Waals surface area contributed by atoms with Crippen molar-refractivity contribution < 1.29 is 19.4 Å². The first-order chi connectivity index (χ1) is 12.5. The van der Waals surface area contributed by atoms with Gasteiger partial charge in [-0.15, -0.1) is 0 Å². The lowest BCUT2D eigenvalue weighted by molar-refractivity contribution is -0.160. The second kappa shape index (κ2) is 6.57. The second-order valence-corrected chi connectivity index (χ2v) is 6.95. The highest BCUT2D eigenvalue weighted by Gasteiger charge is 2.37. The molecule has 1 amide bonds. The smallest absolute Gasteiger partial charge is 0.334 e. The number of ether oxygens (including phenoxy) is 1. The Hall–Kier alpha value is -2.67. The summed E-state index contributed by atoms with van der Waals surface area (Å²) in [6.45, 7) is 2.22. The van der Waals surface area contributed by atoms with E-state index in [4.69, 9.17) is 4.74 Å². The fourth-order valence-electron chi connectivity index (χ4n) is 3.47. The van der Waals surface area contributed by atoms with E-state index >= 15 is 0 Å². The van der Waals surface area contributed by atoms with Crippen molar-refractivity contribution in [2.24, 2.45) is 0 Å². The van der Waals surface area contributed by atoms with Crippen molar-refractivity contribution in [3.05, 3.63) is 47.8 Å². The summed E-state index contributed by atoms with van der Waals surface area (Å²) >= 11 is 0. The first kappa shape index (κ1) is 16.8. The van der Waals surface area contributed by atoms with Gasteiger partial charge in [-0.3, -0.25) is 4.79 Å². The number of carboxylic acids is 1. The molecule has 136 valence electrons. The normalized spacial score (nSPS) is 23.0. The molecule has 0 radical (unpaired) electrons. The van der Waals surface area contributed by atoms with Crippen molar-refractivity contribution in [3.8, 4) is 5.69 Å². The van der Waals surface area contributed by atoms with Crippen LogP contribution in [0, 0.1) is 0 Å². The Morgan fingerprint density at radius 3 is 2.58 bits per heavy atom. The van der Waals surface area contributed by atoms with Crippen LogP contribution in [0.4, 0.5) is 0 Å². The summed E-state index contributed by atoms with van der Waals surface area (Å²) in [7, 11) is 0. The number of aliphatic carboxylic acids is 1. The molecular weight excluding hydrogens is 334 g/mol. The lowest BCUT2D eigenvalue weighted by Crippen LogP contribution is -2.51. The van der Waals surface area contributed by atoms with Crippen LogP contribution in [0.15, 0.2) is 36.5 Å². The summed E-state index contributed by atoms with van der Waals surface area (Å²) in [6, 6.07) is 9.75. The second-order valence-electron chi connectivity index (χ2n) is 6.95. The summed E-state index contributed by atoms with van der Waals surface area (Å²) in [4.78, 5) is 26.0. The van der Waals surface area contributed by atoms with Crippen LogP contribution in [0.1, 0.15) is 41.7 Å². The van der Waals surface area contributed by atoms with Gasteiger partial charge in [0, 0.05) is 12.5 Å². The molecule has 2 heterocycles. The molecule has 1 saturated heterocycles. The van der Waals surface area contributed by atoms with Crippen LogP contribution in [0.5, 0.6) is 0 Å². The maximum Gasteiger partial charge on any atom is 0.334 e. The summed E-state index contributed by atoms with van der Waals surface area (Å²) in [5, 5.41) is 13.7. The van der Waals surface area contributed by atoms with Crippen LogP contribution in [0.2, 0.25) is 0 Å². The lowest BCUT2D eigenvalue weighted by atomic mass is 10.1. The van der Waals surface area contributed by atoms with E-state index in [0.29, 0.717) is 18.0 Å². The molecule has 1 aliphatic heterocycles. The number of carbonyl (C=O) groups excluding carboxylic acids is 1. The Bertz CT molecular complexity index is 829. The van der Waals surface area contributed by atoms with E-state index in [1.807, 2.05) is 35.0 Å². The van der Waals surface area contributed by atoms with E-state index in [-0.39, 0.29) is 18.6 Å². The lowest BCUT2D eigenvalue weighted by Gasteiger charge is -2.34. The zero-order chi connectivity index (χ0) is 18.3. The summed E-state index contributed by atoms with van der Waals surface area (Å²) in [5.74, 6) is -0.891. The van der Waals surface area contributed by atoms with Crippen molar-refractivity contribution in [2.75, 3.05) is 13.1 Å². The van der Waals surface area contributed by atoms with Crippen LogP contribution in [-0.4, -0.2) is 57.0 Å². The van der Waals surface area contributed by atoms with Crippen LogP contribution < -0.4 is 0 Å². The molecule has 1 aliphatic carbocycles. The molecule has 26 heavy (non-hydrogen) atoms. The molecule has 1 aromatic carbocycles. The highest BCUT2D eigenvalue weighted by Crippen LogP contribution is 2.42. The highest BCUT2D eigenvalue weighted by atomic mass is 16.5. The van der Waals surface area contributed by atoms with Crippen molar-refractivity contribution in [1.82, 2.24) is 14.7 Å². The number of aromatic nitrogens is 2. The highest BCUT2D eigenvalue weighted by molar-refractivity contribution is 5.96. The molecule has 7 heteroatoms. The fourth-order valence-corrected chi connectivity index (χ4v) is 3.47. The Morgan fingerprint density at radius 1 is 1.19 bits per heavy atom. The van der Waals surface area contributed by atoms with Crippen LogP contribution in [0.3, 0.4) is 0 Å². The van der Waals surface area contributed by atoms with E-state index in [2.05, 4.69) is 5.10 Å². The first-order valence-electron chi connectivity index (χ1n) is 8.85. The Balaban J connectivity index is 1.66. The zero-order valence-electron chi connectivity index (χ0n) is 14.5. The minimum absolute atomic E-state index is 0.0547. The van der Waals surface area contributed by atoms with Gasteiger partial charge >= 0.3 is 5.97 Å². The maximum atomic E-state index is 13.1. The molecule has 1 saturated carbocycles. The van der Waals surface area contributed by atoms with Crippen molar-refractivity contribution in [1.29, 1.82) is 0 Å². The molecular formula is C19H21N3O4. The molecule has 2 aromatic rings. The van der Waals surface area contributed by atoms with Gasteiger partial charge in [0.1, 0.15) is 0 Å². The number of rotatable bonds is 4. The molecule has 2 atom stereocenters. The number of carbonyl (C=O) groups is 2. The quantitative estimate of drug-likeness (QED) is 0.907. The number of benzene rings is 1. The Morgan fingerprint density at radius 2 is 1.92 bits per heavy atom. The van der Waals surface area contributed by atoms with E-state index in [0.717, 1.165) is 24.2 Å². The number of amides is 1. The predicted molar refractivity (Wildman–Crippen MR) is 93.4 cm³/mol. The number of nitrogens with zero attached hydrogens (tertiary/aromatic N) is 3. The van der Waals surface area contributed by atoms with Crippen molar-refractivity contribution in [2.45, 2.75) is 37.9 Å². The Kier molecular flexibility index (Phi) is 4.24. The van der Waals surface area contributed by atoms with E-state index in [1.54, 1.807) is 18.0 Å². The molecule has 2 aliphatic rings. The van der Waals surface area contributed by atoms with Gasteiger partial charge in [-0.05, 0) is 31.9 Å². The molecule has 1 aromatic heterocycles. The van der Waals surface area contributed by atoms with Crippen LogP contribution in [0.25, 0.3) is 5.69 Å². The third-order valence-corrected chi connectivity index (χ3v) is 4.82. The van der Waals surface area contributed by atoms with Gasteiger partial charge in [-0.1, -0.05) is 18.2 Å². The molecule has 0 spiro atoms. The van der Waals surface area contributed by atoms with E-state index < -0.39 is 12.1 Å². The maximum absolute atomic E-state index is 13.1. The van der Waals surface area contributed by atoms with Gasteiger partial charge in [0.25, 0.3) is 5.91 Å². The van der Waals surface area contributed by atoms with Crippen LogP contribution >= 0.6 is 0 Å². The van der Waals surface area contributed by atoms with Gasteiger partial charge < -0.3 is 14.7 Å². The number of para-hydroxylation sites is 1. The molecule has 7 nitrogen and oxygen atoms in total. The third-order valence-electron chi connectivity index (χ3n) is 4.82. The molecule has 0 bridgehead atoms. The van der Waals surface area contributed by atoms with E-state index in [9.17, 15) is 14.7 Å². The summed E-state index contributed by atoms with van der Waals surface area (Å²) in [5.41, 5.74) is 2.41. The largest absolute Gasteiger partial charge is 0.479 e. The molecule has 2 fully saturated rings. The zero-order valence-corrected chi connectivity index (χ0v) is 14.5. The fraction of sp³-hybridized carbons (Fsp3) is 0.421. The number of hydrogen-bond acceptors (Lipinski definition) is 4. The molecule has 1 N–H and O–H groups in total. The topological polar surface area (TPSA) is 84.7 Å². The van der Waals surface area contributed by atoms with Crippen molar-refractivity contribution in [3.63, 3.8) is 0 Å². The Labute approximate surface area is 151 Å². The standard InChI is InChI=1S/C19H21N3O4/c1-12-10-21(11-16(26-12)19(24)25)18(23)15-9-20-22(17(15)13-7-8-13)14-5-3-2-4-6-14/h2-6,9,12-13,16H,7-8,10-11H2,1H3,(H,24,25)/t12-,16?/m1/s1. The average Bonchev–Trinajstić information content (AvgIpc) is 3.39. The predicted octanol–water partition coefficient (Wildman–Crippen LogP) is 2.06. The summed E-state index contributed by atoms with van der Waals surface area (Å²) in [6.07, 6.45) is 2.38. The number of morpholine rings is 1. The minimum Gasteiger partial charge on any atom is -0.479 e. The molecule has 1 unspecified atom stereocenters. The monoisotopic (exact) mass is 355 g/mol. The first-order valence-corrected chi connectivity index (χ1v) is 8.85. The number of hydrogen-bond donors (Lipinski definition) is 1. The third kappa shape index (κ3) is 3.10. The summed E-state index contributed by atoms with van der Waals surface area (Å²) < 4.78 is 7.25. The van der Waals surface area contributed by atoms with Gasteiger partial charge in [-0.2, -0.15) is 5.10 Å². The van der Waals surface area contributed by atoms with Gasteiger partial charge in [0.15, 0.2) is 6.10 Å².